The third-order valence-electron chi connectivity index (χ3n) is 6.08. The van der Waals surface area contributed by atoms with Crippen molar-refractivity contribution in [3.8, 4) is 0 Å². The van der Waals surface area contributed by atoms with E-state index < -0.39 is 0 Å². The molecule has 2 heteroatoms. The van der Waals surface area contributed by atoms with Crippen LogP contribution >= 0.6 is 0 Å². The van der Waals surface area contributed by atoms with Crippen molar-refractivity contribution in [3.63, 3.8) is 0 Å². The predicted molar refractivity (Wildman–Crippen MR) is 119 cm³/mol. The second-order valence-electron chi connectivity index (χ2n) is 8.50. The quantitative estimate of drug-likeness (QED) is 0.165. The number of rotatable bonds is 19. The van der Waals surface area contributed by atoms with E-state index in [0.717, 1.165) is 38.0 Å². The predicted octanol–water partition coefficient (Wildman–Crippen LogP) is 8.47. The van der Waals surface area contributed by atoms with E-state index in [1.54, 1.807) is 0 Å². The van der Waals surface area contributed by atoms with Gasteiger partial charge in [-0.1, -0.05) is 98.8 Å². The van der Waals surface area contributed by atoms with E-state index in [4.69, 9.17) is 4.74 Å². The SMILES string of the molecule is CCCCCCC(CCC(CC)CCCC)OC(=O)C(CC)CCCCC. The third-order valence-corrected chi connectivity index (χ3v) is 6.08. The van der Waals surface area contributed by atoms with Crippen LogP contribution in [0, 0.1) is 11.8 Å². The zero-order valence-corrected chi connectivity index (χ0v) is 19.4. The summed E-state index contributed by atoms with van der Waals surface area (Å²) in [7, 11) is 0. The van der Waals surface area contributed by atoms with Gasteiger partial charge < -0.3 is 4.74 Å². The Labute approximate surface area is 171 Å². The highest BCUT2D eigenvalue weighted by molar-refractivity contribution is 5.72. The van der Waals surface area contributed by atoms with Gasteiger partial charge in [0.1, 0.15) is 6.10 Å². The highest BCUT2D eigenvalue weighted by atomic mass is 16.5. The minimum absolute atomic E-state index is 0.0794. The fourth-order valence-electron chi connectivity index (χ4n) is 3.92. The minimum atomic E-state index is 0.0794. The smallest absolute Gasteiger partial charge is 0.309 e. The summed E-state index contributed by atoms with van der Waals surface area (Å²) in [5, 5.41) is 0. The van der Waals surface area contributed by atoms with Gasteiger partial charge in [0.15, 0.2) is 0 Å². The lowest BCUT2D eigenvalue weighted by molar-refractivity contribution is -0.155. The molecule has 0 aromatic rings. The molecule has 0 aliphatic carbocycles. The van der Waals surface area contributed by atoms with Crippen LogP contribution in [0.4, 0.5) is 0 Å². The van der Waals surface area contributed by atoms with Crippen LogP contribution in [0.1, 0.15) is 137 Å². The molecule has 0 aromatic carbocycles. The molecule has 3 unspecified atom stereocenters. The van der Waals surface area contributed by atoms with E-state index in [0.29, 0.717) is 0 Å². The first kappa shape index (κ1) is 26.5. The van der Waals surface area contributed by atoms with Crippen LogP contribution in [0.5, 0.6) is 0 Å². The zero-order chi connectivity index (χ0) is 20.3. The van der Waals surface area contributed by atoms with Gasteiger partial charge in [-0.2, -0.15) is 0 Å². The fraction of sp³-hybridized carbons (Fsp3) is 0.960. The first-order chi connectivity index (χ1) is 13.1. The monoisotopic (exact) mass is 382 g/mol. The number of carbonyl (C=O) groups is 1. The van der Waals surface area contributed by atoms with Gasteiger partial charge in [0.05, 0.1) is 5.92 Å². The van der Waals surface area contributed by atoms with Crippen LogP contribution in [0.15, 0.2) is 0 Å². The summed E-state index contributed by atoms with van der Waals surface area (Å²) in [6.45, 7) is 11.2. The Balaban J connectivity index is 4.58. The molecule has 0 spiro atoms. The molecule has 3 atom stereocenters. The largest absolute Gasteiger partial charge is 0.462 e. The van der Waals surface area contributed by atoms with Gasteiger partial charge in [-0.15, -0.1) is 0 Å². The van der Waals surface area contributed by atoms with Crippen LogP contribution < -0.4 is 0 Å². The maximum atomic E-state index is 12.7. The molecule has 0 rings (SSSR count). The van der Waals surface area contributed by atoms with Gasteiger partial charge in [0.2, 0.25) is 0 Å². The van der Waals surface area contributed by atoms with E-state index in [9.17, 15) is 4.79 Å². The van der Waals surface area contributed by atoms with Gasteiger partial charge in [0, 0.05) is 0 Å². The first-order valence-electron chi connectivity index (χ1n) is 12.3. The summed E-state index contributed by atoms with van der Waals surface area (Å²) in [6.07, 6.45) is 19.2. The summed E-state index contributed by atoms with van der Waals surface area (Å²) < 4.78 is 6.07. The Bertz CT molecular complexity index is 326. The lowest BCUT2D eigenvalue weighted by Gasteiger charge is -2.23. The Morgan fingerprint density at radius 1 is 0.630 bits per heavy atom. The first-order valence-corrected chi connectivity index (χ1v) is 12.3. The van der Waals surface area contributed by atoms with Crippen LogP contribution in [0.25, 0.3) is 0 Å². The van der Waals surface area contributed by atoms with Crippen molar-refractivity contribution in [1.29, 1.82) is 0 Å². The lowest BCUT2D eigenvalue weighted by atomic mass is 9.91. The Morgan fingerprint density at radius 2 is 1.26 bits per heavy atom. The highest BCUT2D eigenvalue weighted by Crippen LogP contribution is 2.24. The lowest BCUT2D eigenvalue weighted by Crippen LogP contribution is -2.25. The molecule has 162 valence electrons. The third kappa shape index (κ3) is 14.2. The van der Waals surface area contributed by atoms with Crippen molar-refractivity contribution in [2.75, 3.05) is 0 Å². The summed E-state index contributed by atoms with van der Waals surface area (Å²) in [6, 6.07) is 0. The average molecular weight is 383 g/mol. The molecule has 0 bridgehead atoms. The van der Waals surface area contributed by atoms with E-state index in [1.807, 2.05) is 0 Å². The number of esters is 1. The van der Waals surface area contributed by atoms with E-state index in [1.165, 1.54) is 70.6 Å². The molecule has 2 nitrogen and oxygen atoms in total. The summed E-state index contributed by atoms with van der Waals surface area (Å²) in [5.41, 5.74) is 0. The maximum absolute atomic E-state index is 12.7. The normalized spacial score (nSPS) is 14.7. The number of hydrogen-bond acceptors (Lipinski definition) is 2. The van der Waals surface area contributed by atoms with E-state index in [-0.39, 0.29) is 18.0 Å². The summed E-state index contributed by atoms with van der Waals surface area (Å²) in [4.78, 5) is 12.7. The Hall–Kier alpha value is -0.530. The molecule has 0 N–H and O–H groups in total. The summed E-state index contributed by atoms with van der Waals surface area (Å²) >= 11 is 0. The Morgan fingerprint density at radius 3 is 1.85 bits per heavy atom. The highest BCUT2D eigenvalue weighted by Gasteiger charge is 2.22. The molecule has 0 saturated carbocycles. The molecule has 0 aromatic heterocycles. The molecule has 0 amide bonds. The van der Waals surface area contributed by atoms with E-state index >= 15 is 0 Å². The molecule has 0 fully saturated rings. The molecular formula is C25H50O2. The van der Waals surface area contributed by atoms with Crippen molar-refractivity contribution in [2.45, 2.75) is 143 Å². The summed E-state index contributed by atoms with van der Waals surface area (Å²) in [5.74, 6) is 0.987. The number of ether oxygens (including phenoxy) is 1. The topological polar surface area (TPSA) is 26.3 Å². The van der Waals surface area contributed by atoms with Gasteiger partial charge in [0.25, 0.3) is 0 Å². The van der Waals surface area contributed by atoms with Crippen molar-refractivity contribution in [3.05, 3.63) is 0 Å². The van der Waals surface area contributed by atoms with Gasteiger partial charge in [-0.05, 0) is 44.4 Å². The molecule has 0 aliphatic rings. The zero-order valence-electron chi connectivity index (χ0n) is 19.4. The Kier molecular flexibility index (Phi) is 18.4. The van der Waals surface area contributed by atoms with Crippen LogP contribution in [0.2, 0.25) is 0 Å². The number of hydrogen-bond donors (Lipinski definition) is 0. The van der Waals surface area contributed by atoms with Crippen molar-refractivity contribution in [2.24, 2.45) is 11.8 Å². The molecule has 0 heterocycles. The van der Waals surface area contributed by atoms with Crippen molar-refractivity contribution < 1.29 is 9.53 Å². The molecule has 0 aliphatic heterocycles. The molecule has 27 heavy (non-hydrogen) atoms. The van der Waals surface area contributed by atoms with Crippen molar-refractivity contribution >= 4 is 5.97 Å². The average Bonchev–Trinajstić information content (AvgIpc) is 2.68. The van der Waals surface area contributed by atoms with Gasteiger partial charge >= 0.3 is 5.97 Å². The second kappa shape index (κ2) is 18.8. The van der Waals surface area contributed by atoms with Crippen molar-refractivity contribution in [1.82, 2.24) is 0 Å². The fourth-order valence-corrected chi connectivity index (χ4v) is 3.92. The number of carbonyl (C=O) groups excluding carboxylic acids is 1. The molecule has 0 saturated heterocycles. The molecular weight excluding hydrogens is 332 g/mol. The minimum Gasteiger partial charge on any atom is -0.462 e. The van der Waals surface area contributed by atoms with Gasteiger partial charge in [-0.3, -0.25) is 4.79 Å². The van der Waals surface area contributed by atoms with Crippen LogP contribution in [-0.4, -0.2) is 12.1 Å². The standard InChI is InChI=1S/C25H50O2/c1-6-11-14-16-19-24(21-20-22(9-4)17-13-8-3)27-25(26)23(10-5)18-15-12-7-2/h22-24H,6-21H2,1-5H3. The van der Waals surface area contributed by atoms with Gasteiger partial charge in [-0.25, -0.2) is 0 Å². The van der Waals surface area contributed by atoms with E-state index in [2.05, 4.69) is 34.6 Å². The van der Waals surface area contributed by atoms with Crippen LogP contribution in [0.3, 0.4) is 0 Å². The maximum Gasteiger partial charge on any atom is 0.309 e. The second-order valence-corrected chi connectivity index (χ2v) is 8.50. The number of unbranched alkanes of at least 4 members (excludes halogenated alkanes) is 6. The molecule has 0 radical (unpaired) electrons. The van der Waals surface area contributed by atoms with Crippen LogP contribution in [-0.2, 0) is 9.53 Å².